The van der Waals surface area contributed by atoms with Gasteiger partial charge in [-0.2, -0.15) is 0 Å². The van der Waals surface area contributed by atoms with Crippen LogP contribution in [-0.2, 0) is 17.3 Å². The normalized spacial score (nSPS) is 14.2. The topological polar surface area (TPSA) is 20.2 Å². The van der Waals surface area contributed by atoms with E-state index in [0.29, 0.717) is 5.75 Å². The Morgan fingerprint density at radius 2 is 1.14 bits per heavy atom. The molecule has 0 aliphatic rings. The predicted molar refractivity (Wildman–Crippen MR) is 132 cm³/mol. The Kier molecular flexibility index (Phi) is 12.2. The molecule has 1 nitrogen and oxygen atoms in total. The van der Waals surface area contributed by atoms with Gasteiger partial charge in [-0.15, -0.1) is 0 Å². The molecular weight excluding hydrogens is 352 g/mol. The van der Waals surface area contributed by atoms with Crippen LogP contribution in [0.3, 0.4) is 0 Å². The smallest absolute Gasteiger partial charge is 0.123 e. The van der Waals surface area contributed by atoms with Gasteiger partial charge in [0.05, 0.1) is 0 Å². The minimum absolute atomic E-state index is 0.0215. The van der Waals surface area contributed by atoms with Gasteiger partial charge in [0.25, 0.3) is 0 Å². The summed E-state index contributed by atoms with van der Waals surface area (Å²) in [7, 11) is 0. The molecule has 1 aromatic rings. The molecule has 1 heteroatoms. The number of unbranched alkanes of at least 4 members (excludes halogenated alkanes) is 1. The van der Waals surface area contributed by atoms with Crippen molar-refractivity contribution in [3.05, 3.63) is 28.8 Å². The standard InChI is InChI=1S/C18H30O.C10H22/c1-8-9-10-13-11-14(17(2,3)4)16(19)15(12-13)18(5,6)7;1-5-9(3)7-8-10(4)6-2/h11-12,19H,8-10H2,1-7H3;9-10H,5-8H2,1-4H3/t;9-,10?/m.0/s1. The minimum Gasteiger partial charge on any atom is -0.507 e. The minimum atomic E-state index is -0.0215. The van der Waals surface area contributed by atoms with Crippen LogP contribution in [-0.4, -0.2) is 5.11 Å². The third kappa shape index (κ3) is 10.6. The highest BCUT2D eigenvalue weighted by Crippen LogP contribution is 2.40. The molecule has 0 heterocycles. The number of aromatic hydroxyl groups is 1. The Balaban J connectivity index is 0.000000665. The average Bonchev–Trinajstić information content (AvgIpc) is 2.63. The van der Waals surface area contributed by atoms with Gasteiger partial charge in [0, 0.05) is 0 Å². The first kappa shape index (κ1) is 28.0. The Hall–Kier alpha value is -0.980. The maximum atomic E-state index is 10.6. The zero-order valence-electron chi connectivity index (χ0n) is 21.7. The van der Waals surface area contributed by atoms with Gasteiger partial charge in [0.2, 0.25) is 0 Å². The molecule has 0 saturated carbocycles. The molecule has 1 rings (SSSR count). The van der Waals surface area contributed by atoms with E-state index in [1.165, 1.54) is 44.1 Å². The molecule has 170 valence electrons. The monoisotopic (exact) mass is 404 g/mol. The van der Waals surface area contributed by atoms with Crippen LogP contribution in [0.25, 0.3) is 0 Å². The van der Waals surface area contributed by atoms with Crippen molar-refractivity contribution in [2.75, 3.05) is 0 Å². The van der Waals surface area contributed by atoms with E-state index < -0.39 is 0 Å². The van der Waals surface area contributed by atoms with E-state index in [9.17, 15) is 5.11 Å². The van der Waals surface area contributed by atoms with Crippen LogP contribution in [0.5, 0.6) is 5.75 Å². The maximum absolute atomic E-state index is 10.6. The number of phenols is 1. The van der Waals surface area contributed by atoms with Crippen molar-refractivity contribution in [3.8, 4) is 5.75 Å². The maximum Gasteiger partial charge on any atom is 0.123 e. The van der Waals surface area contributed by atoms with Crippen molar-refractivity contribution >= 4 is 0 Å². The molecule has 1 N–H and O–H groups in total. The predicted octanol–water partition coefficient (Wildman–Crippen LogP) is 9.19. The van der Waals surface area contributed by atoms with E-state index in [4.69, 9.17) is 0 Å². The molecule has 0 amide bonds. The summed E-state index contributed by atoms with van der Waals surface area (Å²) in [5.74, 6) is 2.36. The van der Waals surface area contributed by atoms with Gasteiger partial charge >= 0.3 is 0 Å². The summed E-state index contributed by atoms with van der Waals surface area (Å²) in [5.41, 5.74) is 3.46. The first-order chi connectivity index (χ1) is 13.3. The number of benzene rings is 1. The van der Waals surface area contributed by atoms with Crippen molar-refractivity contribution in [2.45, 2.75) is 132 Å². The fourth-order valence-electron chi connectivity index (χ4n) is 3.34. The van der Waals surface area contributed by atoms with Crippen LogP contribution in [0.15, 0.2) is 12.1 Å². The summed E-state index contributed by atoms with van der Waals surface area (Å²) in [6.45, 7) is 24.5. The molecule has 29 heavy (non-hydrogen) atoms. The van der Waals surface area contributed by atoms with E-state index >= 15 is 0 Å². The summed E-state index contributed by atoms with van der Waals surface area (Å²) in [5, 5.41) is 10.6. The molecule has 0 spiro atoms. The summed E-state index contributed by atoms with van der Waals surface area (Å²) in [4.78, 5) is 0. The Morgan fingerprint density at radius 3 is 1.41 bits per heavy atom. The summed E-state index contributed by atoms with van der Waals surface area (Å²) in [6.07, 6.45) is 9.04. The lowest BCUT2D eigenvalue weighted by Crippen LogP contribution is -2.17. The molecule has 0 aliphatic carbocycles. The summed E-state index contributed by atoms with van der Waals surface area (Å²) in [6, 6.07) is 4.39. The highest BCUT2D eigenvalue weighted by molar-refractivity contribution is 5.49. The average molecular weight is 405 g/mol. The highest BCUT2D eigenvalue weighted by Gasteiger charge is 2.26. The van der Waals surface area contributed by atoms with Crippen molar-refractivity contribution in [1.29, 1.82) is 0 Å². The van der Waals surface area contributed by atoms with Gasteiger partial charge in [-0.05, 0) is 52.2 Å². The lowest BCUT2D eigenvalue weighted by Gasteiger charge is -2.28. The van der Waals surface area contributed by atoms with E-state index in [0.717, 1.165) is 29.4 Å². The van der Waals surface area contributed by atoms with E-state index in [2.05, 4.69) is 88.3 Å². The van der Waals surface area contributed by atoms with Crippen molar-refractivity contribution in [2.24, 2.45) is 11.8 Å². The van der Waals surface area contributed by atoms with Crippen LogP contribution in [0.1, 0.15) is 131 Å². The van der Waals surface area contributed by atoms with E-state index in [-0.39, 0.29) is 10.8 Å². The molecule has 0 radical (unpaired) electrons. The molecule has 0 aromatic heterocycles. The molecule has 2 atom stereocenters. The highest BCUT2D eigenvalue weighted by atomic mass is 16.3. The second-order valence-electron chi connectivity index (χ2n) is 11.2. The fraction of sp³-hybridized carbons (Fsp3) is 0.786. The van der Waals surface area contributed by atoms with E-state index in [1.54, 1.807) is 0 Å². The van der Waals surface area contributed by atoms with Gasteiger partial charge < -0.3 is 5.11 Å². The van der Waals surface area contributed by atoms with Gasteiger partial charge in [-0.25, -0.2) is 0 Å². The second kappa shape index (κ2) is 12.7. The van der Waals surface area contributed by atoms with Crippen LogP contribution < -0.4 is 0 Å². The lowest BCUT2D eigenvalue weighted by atomic mass is 9.78. The molecule has 0 fully saturated rings. The summed E-state index contributed by atoms with van der Waals surface area (Å²) >= 11 is 0. The SMILES string of the molecule is CCC(C)CC[C@@H](C)CC.CCCCc1cc(C(C)(C)C)c(O)c(C(C)(C)C)c1. The zero-order valence-corrected chi connectivity index (χ0v) is 21.7. The van der Waals surface area contributed by atoms with Crippen LogP contribution in [0.4, 0.5) is 0 Å². The third-order valence-corrected chi connectivity index (χ3v) is 6.15. The lowest BCUT2D eigenvalue weighted by molar-refractivity contribution is 0.415. The number of hydrogen-bond donors (Lipinski definition) is 1. The Labute approximate surface area is 183 Å². The van der Waals surface area contributed by atoms with Gasteiger partial charge in [-0.1, -0.05) is 120 Å². The molecule has 0 aliphatic heterocycles. The van der Waals surface area contributed by atoms with Gasteiger partial charge in [-0.3, -0.25) is 0 Å². The quantitative estimate of drug-likeness (QED) is 0.458. The first-order valence-corrected chi connectivity index (χ1v) is 12.1. The fourth-order valence-corrected chi connectivity index (χ4v) is 3.34. The van der Waals surface area contributed by atoms with Gasteiger partial charge in [0.1, 0.15) is 5.75 Å². The van der Waals surface area contributed by atoms with Crippen LogP contribution >= 0.6 is 0 Å². The number of aryl methyl sites for hydroxylation is 1. The van der Waals surface area contributed by atoms with Crippen LogP contribution in [0, 0.1) is 11.8 Å². The van der Waals surface area contributed by atoms with Crippen molar-refractivity contribution in [3.63, 3.8) is 0 Å². The molecule has 1 aromatic carbocycles. The third-order valence-electron chi connectivity index (χ3n) is 6.15. The largest absolute Gasteiger partial charge is 0.507 e. The number of phenolic OH excluding ortho intramolecular Hbond substituents is 1. The van der Waals surface area contributed by atoms with Gasteiger partial charge in [0.15, 0.2) is 0 Å². The van der Waals surface area contributed by atoms with Crippen molar-refractivity contribution < 1.29 is 5.11 Å². The molecule has 1 unspecified atom stereocenters. The van der Waals surface area contributed by atoms with E-state index in [1.807, 2.05) is 0 Å². The Morgan fingerprint density at radius 1 is 0.759 bits per heavy atom. The van der Waals surface area contributed by atoms with Crippen molar-refractivity contribution in [1.82, 2.24) is 0 Å². The zero-order chi connectivity index (χ0) is 22.8. The second-order valence-corrected chi connectivity index (χ2v) is 11.2. The first-order valence-electron chi connectivity index (χ1n) is 12.1. The number of hydrogen-bond acceptors (Lipinski definition) is 1. The molecule has 0 bridgehead atoms. The molecule has 0 saturated heterocycles. The summed E-state index contributed by atoms with van der Waals surface area (Å²) < 4.78 is 0. The Bertz CT molecular complexity index is 526. The number of rotatable bonds is 8. The van der Waals surface area contributed by atoms with Crippen LogP contribution in [0.2, 0.25) is 0 Å². The molecular formula is C28H52O.